The number of amides is 2. The van der Waals surface area contributed by atoms with E-state index in [0.29, 0.717) is 6.42 Å². The molecule has 1 fully saturated rings. The Morgan fingerprint density at radius 1 is 1.09 bits per heavy atom. The van der Waals surface area contributed by atoms with E-state index in [-0.39, 0.29) is 10.8 Å². The molecule has 0 aromatic heterocycles. The number of hydrogen-bond donors (Lipinski definition) is 1. The molecule has 35 heavy (non-hydrogen) atoms. The lowest BCUT2D eigenvalue weighted by Crippen LogP contribution is -2.33. The molecule has 1 unspecified atom stereocenters. The van der Waals surface area contributed by atoms with Gasteiger partial charge in [0.15, 0.2) is 11.6 Å². The molecule has 190 valence electrons. The Hall–Kier alpha value is -2.74. The van der Waals surface area contributed by atoms with Gasteiger partial charge in [0.2, 0.25) is 0 Å². The second-order valence-corrected chi connectivity index (χ2v) is 10.4. The number of carboxylic acid groups (broad SMARTS) is 1. The van der Waals surface area contributed by atoms with E-state index in [1.807, 2.05) is 13.0 Å². The summed E-state index contributed by atoms with van der Waals surface area (Å²) < 4.78 is 6.24. The third-order valence-electron chi connectivity index (χ3n) is 6.35. The number of hydrogen-bond acceptors (Lipinski definition) is 6. The van der Waals surface area contributed by atoms with Crippen LogP contribution in [0.1, 0.15) is 69.9 Å². The van der Waals surface area contributed by atoms with Crippen molar-refractivity contribution in [3.05, 3.63) is 46.2 Å². The van der Waals surface area contributed by atoms with E-state index >= 15 is 0 Å². The highest BCUT2D eigenvalue weighted by molar-refractivity contribution is 8.18. The molecule has 0 bridgehead atoms. The van der Waals surface area contributed by atoms with Crippen molar-refractivity contribution in [1.82, 2.24) is 4.90 Å². The molecule has 3 rings (SSSR count). The van der Waals surface area contributed by atoms with Gasteiger partial charge in [0.1, 0.15) is 6.54 Å². The summed E-state index contributed by atoms with van der Waals surface area (Å²) in [6.45, 7) is 8.66. The van der Waals surface area contributed by atoms with Crippen LogP contribution in [-0.2, 0) is 9.59 Å². The summed E-state index contributed by atoms with van der Waals surface area (Å²) >= 11 is 0.796. The molecule has 2 heterocycles. The van der Waals surface area contributed by atoms with Gasteiger partial charge in [-0.3, -0.25) is 19.3 Å². The number of fused-ring (bicyclic) bond motifs is 1. The minimum Gasteiger partial charge on any atom is -0.480 e. The summed E-state index contributed by atoms with van der Waals surface area (Å²) in [6.07, 6.45) is 11.7. The first-order chi connectivity index (χ1) is 16.7. The van der Waals surface area contributed by atoms with Crippen LogP contribution in [0.25, 0.3) is 0 Å². The molecule has 1 saturated heterocycles. The van der Waals surface area contributed by atoms with Crippen molar-refractivity contribution in [2.24, 2.45) is 5.92 Å². The molecule has 2 amide bonds. The van der Waals surface area contributed by atoms with Crippen LogP contribution >= 0.6 is 11.8 Å². The van der Waals surface area contributed by atoms with E-state index in [1.165, 1.54) is 43.2 Å². The van der Waals surface area contributed by atoms with Crippen LogP contribution in [0, 0.1) is 19.8 Å². The molecule has 0 aliphatic carbocycles. The lowest BCUT2D eigenvalue weighted by molar-refractivity contribution is -0.140. The topological polar surface area (TPSA) is 87.2 Å². The van der Waals surface area contributed by atoms with Gasteiger partial charge in [-0.05, 0) is 73.7 Å². The van der Waals surface area contributed by atoms with Crippen molar-refractivity contribution in [3.8, 4) is 5.75 Å². The Kier molecular flexibility index (Phi) is 9.43. The molecule has 1 N–H and O–H groups in total. The number of aryl methyl sites for hydroxylation is 2. The van der Waals surface area contributed by atoms with Crippen molar-refractivity contribution in [2.45, 2.75) is 72.6 Å². The Morgan fingerprint density at radius 3 is 2.49 bits per heavy atom. The van der Waals surface area contributed by atoms with Gasteiger partial charge in [-0.15, -0.1) is 0 Å². The summed E-state index contributed by atoms with van der Waals surface area (Å²) in [5.41, 5.74) is 3.51. The molecule has 0 saturated carbocycles. The molecular weight excluding hydrogens is 464 g/mol. The zero-order chi connectivity index (χ0) is 25.5. The Morgan fingerprint density at radius 2 is 1.77 bits per heavy atom. The summed E-state index contributed by atoms with van der Waals surface area (Å²) in [4.78, 5) is 38.7. The first-order valence-electron chi connectivity index (χ1n) is 12.4. The molecule has 2 aliphatic rings. The third-order valence-corrected chi connectivity index (χ3v) is 7.27. The van der Waals surface area contributed by atoms with Crippen molar-refractivity contribution >= 4 is 34.6 Å². The maximum absolute atomic E-state index is 12.4. The van der Waals surface area contributed by atoms with Crippen LogP contribution in [0.2, 0.25) is 0 Å². The Labute approximate surface area is 212 Å². The number of carboxylic acids is 1. The quantitative estimate of drug-likeness (QED) is 0.263. The summed E-state index contributed by atoms with van der Waals surface area (Å²) in [6, 6.07) is 4.27. The molecule has 1 aromatic rings. The van der Waals surface area contributed by atoms with E-state index < -0.39 is 23.7 Å². The minimum atomic E-state index is -1.21. The number of nitrogens with zero attached hydrogens (tertiary/aromatic N) is 2. The van der Waals surface area contributed by atoms with Crippen molar-refractivity contribution in [3.63, 3.8) is 0 Å². The van der Waals surface area contributed by atoms with Crippen LogP contribution in [0.4, 0.5) is 10.5 Å². The molecule has 2 aliphatic heterocycles. The van der Waals surface area contributed by atoms with Gasteiger partial charge >= 0.3 is 5.97 Å². The zero-order valence-electron chi connectivity index (χ0n) is 21.1. The zero-order valence-corrected chi connectivity index (χ0v) is 22.0. The normalized spacial score (nSPS) is 18.5. The highest BCUT2D eigenvalue weighted by atomic mass is 32.2. The number of allylic oxidation sites excluding steroid dienone is 2. The predicted molar refractivity (Wildman–Crippen MR) is 140 cm³/mol. The van der Waals surface area contributed by atoms with Crippen LogP contribution in [0.15, 0.2) is 35.1 Å². The fourth-order valence-corrected chi connectivity index (χ4v) is 5.13. The number of carbonyl (C=O) groups excluding carboxylic acids is 2. The standard InChI is InChI=1S/C27H36N2O5S/c1-5-6-7-8-9-10-13-28-21-15-19(3)20(4)16-22(21)34-24(28)12-11-18(2)14-23-26(32)29(17-25(30)31)27(33)35-23/h12,14-16,18H,5-11,13,17H2,1-4H3,(H,30,31). The van der Waals surface area contributed by atoms with E-state index in [0.717, 1.165) is 46.9 Å². The van der Waals surface area contributed by atoms with Crippen LogP contribution in [0.3, 0.4) is 0 Å². The highest BCUT2D eigenvalue weighted by Crippen LogP contribution is 2.41. The fourth-order valence-electron chi connectivity index (χ4n) is 4.19. The van der Waals surface area contributed by atoms with Crippen molar-refractivity contribution in [2.75, 3.05) is 18.0 Å². The first-order valence-corrected chi connectivity index (χ1v) is 13.3. The van der Waals surface area contributed by atoms with E-state index in [4.69, 9.17) is 9.84 Å². The van der Waals surface area contributed by atoms with Crippen LogP contribution < -0.4 is 9.64 Å². The number of thioether (sulfide) groups is 1. The number of aliphatic carboxylic acids is 1. The van der Waals surface area contributed by atoms with Gasteiger partial charge in [0.05, 0.1) is 10.6 Å². The minimum absolute atomic E-state index is 0.0294. The molecule has 8 heteroatoms. The van der Waals surface area contributed by atoms with Crippen LogP contribution in [-0.4, -0.2) is 40.2 Å². The van der Waals surface area contributed by atoms with Gasteiger partial charge in [-0.1, -0.05) is 52.0 Å². The maximum Gasteiger partial charge on any atom is 0.323 e. The van der Waals surface area contributed by atoms with Gasteiger partial charge in [-0.2, -0.15) is 0 Å². The van der Waals surface area contributed by atoms with Crippen molar-refractivity contribution < 1.29 is 24.2 Å². The van der Waals surface area contributed by atoms with Crippen molar-refractivity contribution in [1.29, 1.82) is 0 Å². The third kappa shape index (κ3) is 6.90. The van der Waals surface area contributed by atoms with Gasteiger partial charge in [-0.25, -0.2) is 0 Å². The summed E-state index contributed by atoms with van der Waals surface area (Å²) in [5.74, 6) is -0.106. The largest absolute Gasteiger partial charge is 0.480 e. The lowest BCUT2D eigenvalue weighted by Gasteiger charge is -2.19. The van der Waals surface area contributed by atoms with Gasteiger partial charge in [0.25, 0.3) is 11.1 Å². The SMILES string of the molecule is CCCCCCCCN1C(=CCC(C)C=C2SC(=O)N(CC(=O)O)C2=O)Oc2cc(C)c(C)cc21. The number of unbranched alkanes of at least 4 members (excludes halogenated alkanes) is 5. The number of ether oxygens (including phenoxy) is 1. The lowest BCUT2D eigenvalue weighted by atomic mass is 10.1. The monoisotopic (exact) mass is 500 g/mol. The van der Waals surface area contributed by atoms with Crippen LogP contribution in [0.5, 0.6) is 5.75 Å². The first kappa shape index (κ1) is 26.9. The molecule has 7 nitrogen and oxygen atoms in total. The highest BCUT2D eigenvalue weighted by Gasteiger charge is 2.36. The Bertz CT molecular complexity index is 1030. The summed E-state index contributed by atoms with van der Waals surface area (Å²) in [5, 5.41) is 8.39. The number of carbonyl (C=O) groups is 3. The van der Waals surface area contributed by atoms with Gasteiger partial charge in [0, 0.05) is 6.54 Å². The number of imide groups is 1. The number of rotatable bonds is 12. The molecule has 1 atom stereocenters. The Balaban J connectivity index is 1.69. The fraction of sp³-hybridized carbons (Fsp3) is 0.519. The summed E-state index contributed by atoms with van der Waals surface area (Å²) in [7, 11) is 0. The molecule has 0 radical (unpaired) electrons. The van der Waals surface area contributed by atoms with E-state index in [2.05, 4.69) is 37.8 Å². The average molecular weight is 501 g/mol. The van der Waals surface area contributed by atoms with Gasteiger partial charge < -0.3 is 14.7 Å². The average Bonchev–Trinajstić information content (AvgIpc) is 3.26. The number of benzene rings is 1. The van der Waals surface area contributed by atoms with E-state index in [1.54, 1.807) is 6.08 Å². The molecule has 0 spiro atoms. The second kappa shape index (κ2) is 12.3. The van der Waals surface area contributed by atoms with E-state index in [9.17, 15) is 14.4 Å². The second-order valence-electron chi connectivity index (χ2n) is 9.36. The maximum atomic E-state index is 12.4. The molecular formula is C27H36N2O5S. The smallest absolute Gasteiger partial charge is 0.323 e. The predicted octanol–water partition coefficient (Wildman–Crippen LogP) is 6.39. The molecule has 1 aromatic carbocycles. The number of anilines is 1.